The quantitative estimate of drug-likeness (QED) is 0.381. The zero-order valence-electron chi connectivity index (χ0n) is 19.9. The average Bonchev–Trinajstić information content (AvgIpc) is 3.48. The number of hydrogen-bond donors (Lipinski definition) is 2. The summed E-state index contributed by atoms with van der Waals surface area (Å²) in [5.41, 5.74) is -0.765. The topological polar surface area (TPSA) is 102 Å². The monoisotopic (exact) mass is 520 g/mol. The van der Waals surface area contributed by atoms with E-state index in [-0.39, 0.29) is 17.6 Å². The van der Waals surface area contributed by atoms with Gasteiger partial charge in [-0.1, -0.05) is 19.4 Å². The summed E-state index contributed by atoms with van der Waals surface area (Å²) in [6.07, 6.45) is 4.97. The molecule has 35 heavy (non-hydrogen) atoms. The summed E-state index contributed by atoms with van der Waals surface area (Å²) in [4.78, 5) is 27.9. The first-order chi connectivity index (χ1) is 16.5. The number of amides is 2. The van der Waals surface area contributed by atoms with Crippen molar-refractivity contribution < 1.29 is 27.1 Å². The molecule has 2 heterocycles. The fourth-order valence-electron chi connectivity index (χ4n) is 4.24. The van der Waals surface area contributed by atoms with Gasteiger partial charge in [0.05, 0.1) is 18.4 Å². The average molecular weight is 521 g/mol. The number of rotatable bonds is 9. The molecule has 2 aliphatic rings. The van der Waals surface area contributed by atoms with Gasteiger partial charge in [-0.3, -0.25) is 9.59 Å². The van der Waals surface area contributed by atoms with E-state index in [1.165, 1.54) is 17.4 Å². The van der Waals surface area contributed by atoms with E-state index in [9.17, 15) is 18.0 Å². The van der Waals surface area contributed by atoms with E-state index in [2.05, 4.69) is 5.32 Å². The zero-order chi connectivity index (χ0) is 25.4. The summed E-state index contributed by atoms with van der Waals surface area (Å²) >= 11 is 1.48. The van der Waals surface area contributed by atoms with Crippen molar-refractivity contribution in [2.24, 2.45) is 0 Å². The molecule has 0 spiro atoms. The molecule has 0 radical (unpaired) electrons. The predicted octanol–water partition coefficient (Wildman–Crippen LogP) is 4.21. The van der Waals surface area contributed by atoms with Gasteiger partial charge in [0.25, 0.3) is 11.8 Å². The second kappa shape index (κ2) is 9.73. The maximum absolute atomic E-state index is 15.2. The van der Waals surface area contributed by atoms with Crippen LogP contribution in [-0.2, 0) is 25.2 Å². The molecule has 1 saturated carbocycles. The highest BCUT2D eigenvalue weighted by atomic mass is 32.2. The van der Waals surface area contributed by atoms with Gasteiger partial charge in [0.2, 0.25) is 10.0 Å². The number of carbonyl (C=O) groups excluding carboxylic acids is 2. The van der Waals surface area contributed by atoms with Gasteiger partial charge < -0.3 is 10.1 Å². The summed E-state index contributed by atoms with van der Waals surface area (Å²) in [6, 6.07) is 8.37. The first kappa shape index (κ1) is 25.4. The predicted molar refractivity (Wildman–Crippen MR) is 133 cm³/mol. The lowest BCUT2D eigenvalue weighted by atomic mass is 9.79. The van der Waals surface area contributed by atoms with Gasteiger partial charge in [-0.2, -0.15) is 0 Å². The minimum absolute atomic E-state index is 0.114. The molecule has 2 aromatic rings. The highest BCUT2D eigenvalue weighted by molar-refractivity contribution is 7.89. The van der Waals surface area contributed by atoms with Crippen LogP contribution in [0.25, 0.3) is 5.57 Å². The molecule has 1 aliphatic carbocycles. The van der Waals surface area contributed by atoms with Gasteiger partial charge in [-0.05, 0) is 55.9 Å². The number of ether oxygens (including phenoxy) is 1. The van der Waals surface area contributed by atoms with Crippen LogP contribution in [0.3, 0.4) is 0 Å². The number of hydrogen-bond acceptors (Lipinski definition) is 6. The maximum atomic E-state index is 15.2. The molecule has 1 aromatic heterocycles. The van der Waals surface area contributed by atoms with Crippen molar-refractivity contribution >= 4 is 38.7 Å². The van der Waals surface area contributed by atoms with Gasteiger partial charge in [-0.25, -0.2) is 17.5 Å². The Bertz CT molecular complexity index is 1300. The van der Waals surface area contributed by atoms with Crippen LogP contribution in [0.4, 0.5) is 4.39 Å². The molecule has 0 saturated heterocycles. The molecule has 2 N–H and O–H groups in total. The number of carbonyl (C=O) groups is 2. The number of sulfonamides is 1. The van der Waals surface area contributed by atoms with Gasteiger partial charge >= 0.3 is 0 Å². The molecule has 1 fully saturated rings. The molecule has 188 valence electrons. The molecule has 1 atom stereocenters. The first-order valence-corrected chi connectivity index (χ1v) is 14.3. The maximum Gasteiger partial charge on any atom is 0.270 e. The lowest BCUT2D eigenvalue weighted by molar-refractivity contribution is -0.124. The van der Waals surface area contributed by atoms with Crippen molar-refractivity contribution in [1.82, 2.24) is 10.0 Å². The molecule has 10 heteroatoms. The summed E-state index contributed by atoms with van der Waals surface area (Å²) in [7, 11) is -3.89. The zero-order valence-corrected chi connectivity index (χ0v) is 21.6. The lowest BCUT2D eigenvalue weighted by Crippen LogP contribution is -2.51. The van der Waals surface area contributed by atoms with Crippen molar-refractivity contribution in [2.75, 3.05) is 12.9 Å². The third-order valence-electron chi connectivity index (χ3n) is 6.16. The fourth-order valence-corrected chi connectivity index (χ4v) is 5.90. The third-order valence-corrected chi connectivity index (χ3v) is 8.02. The van der Waals surface area contributed by atoms with E-state index in [0.717, 1.165) is 36.8 Å². The highest BCUT2D eigenvalue weighted by Crippen LogP contribution is 2.47. The fraction of sp³-hybridized carbons (Fsp3) is 0.440. The van der Waals surface area contributed by atoms with Gasteiger partial charge in [0.15, 0.2) is 0 Å². The molecule has 0 bridgehead atoms. The van der Waals surface area contributed by atoms with E-state index in [4.69, 9.17) is 4.74 Å². The molecule has 4 rings (SSSR count). The van der Waals surface area contributed by atoms with Crippen LogP contribution < -0.4 is 14.8 Å². The first-order valence-electron chi connectivity index (χ1n) is 11.6. The van der Waals surface area contributed by atoms with Crippen LogP contribution in [0.2, 0.25) is 0 Å². The van der Waals surface area contributed by atoms with Crippen LogP contribution in [0.15, 0.2) is 35.9 Å². The standard InChI is InChI=1S/C25H29FN2O5S2/c1-4-5-12-33-16-8-9-18(19(26)13-16)25(2)14-17(21-11-10-20(34-21)15-6-7-15)22(23(29)27-25)24(30)28-35(3,31)32/h8-11,13,15H,4-7,12,14H2,1-3H3,(H,27,29)(H,28,30)/t25-/m0/s1. The Balaban J connectivity index is 1.73. The van der Waals surface area contributed by atoms with Gasteiger partial charge in [0.1, 0.15) is 17.1 Å². The van der Waals surface area contributed by atoms with Crippen LogP contribution in [-0.4, -0.2) is 33.1 Å². The Kier molecular flexibility index (Phi) is 7.06. The number of halogens is 1. The minimum atomic E-state index is -3.89. The largest absolute Gasteiger partial charge is 0.493 e. The second-order valence-corrected chi connectivity index (χ2v) is 12.2. The van der Waals surface area contributed by atoms with E-state index >= 15 is 4.39 Å². The highest BCUT2D eigenvalue weighted by Gasteiger charge is 2.42. The molecular formula is C25H29FN2O5S2. The molecular weight excluding hydrogens is 491 g/mol. The van der Waals surface area contributed by atoms with Crippen LogP contribution in [0.1, 0.15) is 67.2 Å². The number of nitrogens with one attached hydrogen (secondary N) is 2. The Morgan fingerprint density at radius 1 is 1.29 bits per heavy atom. The van der Waals surface area contributed by atoms with E-state index in [1.807, 2.05) is 23.8 Å². The third kappa shape index (κ3) is 5.75. The Labute approximate surface area is 208 Å². The van der Waals surface area contributed by atoms with Crippen molar-refractivity contribution in [3.8, 4) is 5.75 Å². The van der Waals surface area contributed by atoms with E-state index in [0.29, 0.717) is 28.7 Å². The van der Waals surface area contributed by atoms with E-state index < -0.39 is 33.2 Å². The Morgan fingerprint density at radius 2 is 2.03 bits per heavy atom. The van der Waals surface area contributed by atoms with Gasteiger partial charge in [-0.15, -0.1) is 11.3 Å². The molecule has 0 unspecified atom stereocenters. The van der Waals surface area contributed by atoms with Crippen molar-refractivity contribution in [2.45, 2.75) is 57.4 Å². The summed E-state index contributed by atoms with van der Waals surface area (Å²) in [5.74, 6) is -1.40. The SMILES string of the molecule is CCCCOc1ccc([C@]2(C)CC(c3ccc(C4CC4)s3)=C(C(=O)NS(C)(=O)=O)C(=O)N2)c(F)c1. The Morgan fingerprint density at radius 3 is 2.66 bits per heavy atom. The molecule has 2 amide bonds. The number of unbranched alkanes of at least 4 members (excludes halogenated alkanes) is 1. The van der Waals surface area contributed by atoms with Crippen molar-refractivity contribution in [3.63, 3.8) is 0 Å². The van der Waals surface area contributed by atoms with Crippen LogP contribution >= 0.6 is 11.3 Å². The summed E-state index contributed by atoms with van der Waals surface area (Å²) in [6.45, 7) is 4.22. The minimum Gasteiger partial charge on any atom is -0.493 e. The second-order valence-electron chi connectivity index (χ2n) is 9.34. The van der Waals surface area contributed by atoms with E-state index in [1.54, 1.807) is 19.1 Å². The summed E-state index contributed by atoms with van der Waals surface area (Å²) < 4.78 is 46.2. The van der Waals surface area contributed by atoms with Crippen molar-refractivity contribution in [3.05, 3.63) is 57.0 Å². The lowest BCUT2D eigenvalue weighted by Gasteiger charge is -2.37. The van der Waals surface area contributed by atoms with Crippen LogP contribution in [0, 0.1) is 5.82 Å². The smallest absolute Gasteiger partial charge is 0.270 e. The van der Waals surface area contributed by atoms with Crippen molar-refractivity contribution in [1.29, 1.82) is 0 Å². The normalized spacial score (nSPS) is 20.5. The molecule has 1 aromatic carbocycles. The van der Waals surface area contributed by atoms with Crippen LogP contribution in [0.5, 0.6) is 5.75 Å². The number of benzene rings is 1. The van der Waals surface area contributed by atoms with Gasteiger partial charge in [0, 0.05) is 27.8 Å². The molecule has 7 nitrogen and oxygen atoms in total. The molecule has 1 aliphatic heterocycles. The summed E-state index contributed by atoms with van der Waals surface area (Å²) in [5, 5.41) is 2.75. The number of thiophene rings is 1. The Hall–Kier alpha value is -2.72.